The van der Waals surface area contributed by atoms with E-state index in [9.17, 15) is 9.59 Å². The Labute approximate surface area is 155 Å². The molecule has 0 amide bonds. The van der Waals surface area contributed by atoms with Gasteiger partial charge in [0, 0.05) is 11.7 Å². The van der Waals surface area contributed by atoms with Gasteiger partial charge < -0.3 is 15.0 Å². The fourth-order valence-electron chi connectivity index (χ4n) is 3.34. The van der Waals surface area contributed by atoms with Crippen LogP contribution < -0.4 is 5.32 Å². The maximum Gasteiger partial charge on any atom is 0.340 e. The molecule has 5 nitrogen and oxygen atoms in total. The summed E-state index contributed by atoms with van der Waals surface area (Å²) >= 11 is 0. The fourth-order valence-corrected chi connectivity index (χ4v) is 3.34. The Bertz CT molecular complexity index is 808. The Morgan fingerprint density at radius 1 is 1.15 bits per heavy atom. The second kappa shape index (κ2) is 8.32. The molecule has 140 valence electrons. The second-order valence-corrected chi connectivity index (χ2v) is 6.68. The number of carbonyl (C=O) groups excluding carboxylic acids is 2. The highest BCUT2D eigenvalue weighted by Crippen LogP contribution is 2.22. The summed E-state index contributed by atoms with van der Waals surface area (Å²) in [5, 5.41) is 3.36. The minimum Gasteiger partial charge on any atom is -0.462 e. The van der Waals surface area contributed by atoms with E-state index in [0.717, 1.165) is 0 Å². The van der Waals surface area contributed by atoms with Crippen LogP contribution in [0.3, 0.4) is 0 Å². The van der Waals surface area contributed by atoms with Crippen molar-refractivity contribution >= 4 is 11.8 Å². The fraction of sp³-hybridized carbons (Fsp3) is 0.429. The number of H-pyrrole nitrogens is 1. The van der Waals surface area contributed by atoms with Gasteiger partial charge in [-0.25, -0.2) is 4.79 Å². The zero-order chi connectivity index (χ0) is 19.4. The van der Waals surface area contributed by atoms with Gasteiger partial charge in [-0.15, -0.1) is 0 Å². The van der Waals surface area contributed by atoms with Crippen LogP contribution in [-0.4, -0.2) is 29.4 Å². The second-order valence-electron chi connectivity index (χ2n) is 6.68. The average molecular weight is 356 g/mol. The number of hydrogen-bond donors (Lipinski definition) is 2. The molecule has 2 N–H and O–H groups in total. The zero-order valence-corrected chi connectivity index (χ0v) is 16.4. The van der Waals surface area contributed by atoms with Gasteiger partial charge in [-0.2, -0.15) is 0 Å². The molecule has 1 aromatic carbocycles. The van der Waals surface area contributed by atoms with Crippen molar-refractivity contribution in [3.63, 3.8) is 0 Å². The highest BCUT2D eigenvalue weighted by Gasteiger charge is 2.26. The van der Waals surface area contributed by atoms with Crippen LogP contribution in [0.1, 0.15) is 70.0 Å². The van der Waals surface area contributed by atoms with E-state index in [2.05, 4.69) is 29.4 Å². The molecular weight excluding hydrogens is 328 g/mol. The monoisotopic (exact) mass is 356 g/mol. The molecule has 1 heterocycles. The molecule has 0 saturated heterocycles. The summed E-state index contributed by atoms with van der Waals surface area (Å²) in [6.45, 7) is 11.6. The van der Waals surface area contributed by atoms with Gasteiger partial charge in [0.2, 0.25) is 0 Å². The van der Waals surface area contributed by atoms with E-state index in [4.69, 9.17) is 4.74 Å². The van der Waals surface area contributed by atoms with E-state index in [1.54, 1.807) is 20.8 Å². The van der Waals surface area contributed by atoms with Gasteiger partial charge in [0.05, 0.1) is 23.9 Å². The smallest absolute Gasteiger partial charge is 0.340 e. The van der Waals surface area contributed by atoms with Crippen molar-refractivity contribution in [1.29, 1.82) is 0 Å². The SMILES string of the molecule is CCOC(=O)c1c(C)[nH]c(C(=O)C(C)NC(C)c2ccccc2C)c1C. The number of esters is 1. The Hall–Kier alpha value is -2.40. The van der Waals surface area contributed by atoms with Crippen LogP contribution in [0.25, 0.3) is 0 Å². The Balaban J connectivity index is 2.20. The van der Waals surface area contributed by atoms with Gasteiger partial charge in [-0.3, -0.25) is 4.79 Å². The molecule has 0 aliphatic rings. The molecule has 2 aromatic rings. The van der Waals surface area contributed by atoms with Crippen LogP contribution in [-0.2, 0) is 4.74 Å². The minimum atomic E-state index is -0.397. The predicted molar refractivity (Wildman–Crippen MR) is 103 cm³/mol. The first-order chi connectivity index (χ1) is 12.3. The van der Waals surface area contributed by atoms with E-state index in [1.807, 2.05) is 26.0 Å². The standard InChI is InChI=1S/C21H28N2O3/c1-7-26-21(25)18-13(3)19(23-15(18)5)20(24)16(6)22-14(4)17-11-9-8-10-12(17)2/h8-11,14,16,22-23H,7H2,1-6H3. The summed E-state index contributed by atoms with van der Waals surface area (Å²) in [6, 6.07) is 7.77. The Morgan fingerprint density at radius 3 is 2.42 bits per heavy atom. The van der Waals surface area contributed by atoms with Crippen molar-refractivity contribution in [2.24, 2.45) is 0 Å². The lowest BCUT2D eigenvalue weighted by Crippen LogP contribution is -2.36. The predicted octanol–water partition coefficient (Wildman–Crippen LogP) is 4.04. The number of nitrogens with one attached hydrogen (secondary N) is 2. The number of carbonyl (C=O) groups is 2. The number of aryl methyl sites for hydroxylation is 2. The maximum atomic E-state index is 12.9. The first-order valence-electron chi connectivity index (χ1n) is 8.99. The molecule has 26 heavy (non-hydrogen) atoms. The number of Topliss-reactive ketones (excluding diaryl/α,β-unsaturated/α-hetero) is 1. The molecule has 5 heteroatoms. The first-order valence-corrected chi connectivity index (χ1v) is 8.99. The van der Waals surface area contributed by atoms with Crippen LogP contribution >= 0.6 is 0 Å². The zero-order valence-electron chi connectivity index (χ0n) is 16.4. The third kappa shape index (κ3) is 4.05. The Morgan fingerprint density at radius 2 is 1.81 bits per heavy atom. The Kier molecular flexibility index (Phi) is 6.37. The number of benzene rings is 1. The number of rotatable bonds is 7. The highest BCUT2D eigenvalue weighted by atomic mass is 16.5. The van der Waals surface area contributed by atoms with Crippen molar-refractivity contribution in [1.82, 2.24) is 10.3 Å². The highest BCUT2D eigenvalue weighted by molar-refractivity contribution is 6.03. The molecule has 0 fully saturated rings. The van der Waals surface area contributed by atoms with Gasteiger partial charge >= 0.3 is 5.97 Å². The van der Waals surface area contributed by atoms with E-state index < -0.39 is 12.0 Å². The molecule has 0 bridgehead atoms. The number of ketones is 1. The number of ether oxygens (including phenoxy) is 1. The molecular formula is C21H28N2O3. The number of aromatic amines is 1. The first kappa shape index (κ1) is 19.9. The van der Waals surface area contributed by atoms with Gasteiger partial charge in [-0.1, -0.05) is 24.3 Å². The number of aromatic nitrogens is 1. The van der Waals surface area contributed by atoms with Crippen molar-refractivity contribution in [2.75, 3.05) is 6.61 Å². The largest absolute Gasteiger partial charge is 0.462 e. The molecule has 2 rings (SSSR count). The van der Waals surface area contributed by atoms with Crippen molar-refractivity contribution in [3.05, 3.63) is 57.9 Å². The van der Waals surface area contributed by atoms with E-state index in [-0.39, 0.29) is 11.8 Å². The maximum absolute atomic E-state index is 12.9. The summed E-state index contributed by atoms with van der Waals surface area (Å²) in [4.78, 5) is 28.1. The number of hydrogen-bond acceptors (Lipinski definition) is 4. The summed E-state index contributed by atoms with van der Waals surface area (Å²) in [5.41, 5.74) is 4.56. The van der Waals surface area contributed by atoms with Crippen LogP contribution in [0.15, 0.2) is 24.3 Å². The molecule has 0 aliphatic carbocycles. The van der Waals surface area contributed by atoms with Crippen LogP contribution in [0.2, 0.25) is 0 Å². The minimum absolute atomic E-state index is 0.0380. The topological polar surface area (TPSA) is 71.2 Å². The van der Waals surface area contributed by atoms with E-state index in [1.165, 1.54) is 11.1 Å². The van der Waals surface area contributed by atoms with Gasteiger partial charge in [0.15, 0.2) is 5.78 Å². The summed E-state index contributed by atoms with van der Waals surface area (Å²) in [7, 11) is 0. The molecule has 2 unspecified atom stereocenters. The average Bonchev–Trinajstić information content (AvgIpc) is 2.89. The molecule has 0 radical (unpaired) electrons. The normalized spacial score (nSPS) is 13.3. The molecule has 2 atom stereocenters. The van der Waals surface area contributed by atoms with Gasteiger partial charge in [0.25, 0.3) is 0 Å². The lowest BCUT2D eigenvalue weighted by Gasteiger charge is -2.21. The lowest BCUT2D eigenvalue weighted by atomic mass is 10.00. The van der Waals surface area contributed by atoms with Crippen molar-refractivity contribution in [3.8, 4) is 0 Å². The van der Waals surface area contributed by atoms with Gasteiger partial charge in [0.1, 0.15) is 0 Å². The van der Waals surface area contributed by atoms with E-state index in [0.29, 0.717) is 29.1 Å². The van der Waals surface area contributed by atoms with Gasteiger partial charge in [-0.05, 0) is 58.2 Å². The summed E-state index contributed by atoms with van der Waals surface area (Å²) in [5.74, 6) is -0.465. The molecule has 0 saturated carbocycles. The quantitative estimate of drug-likeness (QED) is 0.580. The lowest BCUT2D eigenvalue weighted by molar-refractivity contribution is 0.0525. The van der Waals surface area contributed by atoms with Crippen LogP contribution in [0.4, 0.5) is 0 Å². The third-order valence-electron chi connectivity index (χ3n) is 4.71. The van der Waals surface area contributed by atoms with Crippen LogP contribution in [0, 0.1) is 20.8 Å². The third-order valence-corrected chi connectivity index (χ3v) is 4.71. The molecule has 0 spiro atoms. The van der Waals surface area contributed by atoms with Crippen LogP contribution in [0.5, 0.6) is 0 Å². The van der Waals surface area contributed by atoms with E-state index >= 15 is 0 Å². The summed E-state index contributed by atoms with van der Waals surface area (Å²) in [6.07, 6.45) is 0. The van der Waals surface area contributed by atoms with Crippen molar-refractivity contribution in [2.45, 2.75) is 53.6 Å². The van der Waals surface area contributed by atoms with Crippen molar-refractivity contribution < 1.29 is 14.3 Å². The summed E-state index contributed by atoms with van der Waals surface area (Å²) < 4.78 is 5.09. The molecule has 1 aromatic heterocycles. The molecule has 0 aliphatic heterocycles.